The van der Waals surface area contributed by atoms with E-state index in [4.69, 9.17) is 0 Å². The van der Waals surface area contributed by atoms with E-state index in [0.29, 0.717) is 0 Å². The molecule has 8 aromatic rings. The zero-order chi connectivity index (χ0) is 35.5. The van der Waals surface area contributed by atoms with Crippen molar-refractivity contribution in [3.63, 3.8) is 0 Å². The Morgan fingerprint density at radius 1 is 0.308 bits per heavy atom. The van der Waals surface area contributed by atoms with Crippen LogP contribution in [0.1, 0.15) is 61.1 Å². The Balaban J connectivity index is 1.31. The fourth-order valence-electron chi connectivity index (χ4n) is 9.70. The Kier molecular flexibility index (Phi) is 6.50. The third-order valence-corrected chi connectivity index (χ3v) is 12.6. The first kappa shape index (κ1) is 31.1. The fourth-order valence-corrected chi connectivity index (χ4v) is 9.70. The van der Waals surface area contributed by atoms with Gasteiger partial charge >= 0.3 is 0 Å². The molecule has 250 valence electrons. The summed E-state index contributed by atoms with van der Waals surface area (Å²) in [7, 11) is 0. The molecule has 0 unspecified atom stereocenters. The first-order valence-electron chi connectivity index (χ1n) is 18.7. The van der Waals surface area contributed by atoms with Crippen LogP contribution < -0.4 is 0 Å². The summed E-state index contributed by atoms with van der Waals surface area (Å²) < 4.78 is 0. The van der Waals surface area contributed by atoms with E-state index in [2.05, 4.69) is 187 Å². The van der Waals surface area contributed by atoms with Gasteiger partial charge < -0.3 is 0 Å². The SMILES string of the molecule is Cc1ccc(-c2c3ccccc3c(-c3cccc4c3-c3ccccc3C4(C)C)c3cc(-c4ccc5c(c4)C(C)(C)c4ccccc4-5)ccc23)cc1C. The van der Waals surface area contributed by atoms with E-state index < -0.39 is 0 Å². The standard InChI is InChI=1S/C52H42/c1-31-22-23-35(28-32(31)2)48-38-15-7-8-16-39(38)49(42-18-13-21-46-50(42)41-17-10-12-20-45(41)51(46,3)4)43-29-33(25-27-40(43)48)34-24-26-37-36-14-9-11-19-44(36)52(5,6)47(37)30-34/h7-30H,1-6H3. The summed E-state index contributed by atoms with van der Waals surface area (Å²) in [6, 6.07) is 55.4. The van der Waals surface area contributed by atoms with Gasteiger partial charge in [0, 0.05) is 10.8 Å². The van der Waals surface area contributed by atoms with Crippen LogP contribution in [0.2, 0.25) is 0 Å². The van der Waals surface area contributed by atoms with Crippen molar-refractivity contribution in [1.29, 1.82) is 0 Å². The average molecular weight is 667 g/mol. The molecule has 0 amide bonds. The average Bonchev–Trinajstić information content (AvgIpc) is 3.54. The van der Waals surface area contributed by atoms with Crippen molar-refractivity contribution in [1.82, 2.24) is 0 Å². The number of hydrogen-bond acceptors (Lipinski definition) is 0. The lowest BCUT2D eigenvalue weighted by atomic mass is 9.80. The molecule has 10 rings (SSSR count). The molecule has 0 radical (unpaired) electrons. The molecule has 0 heterocycles. The van der Waals surface area contributed by atoms with Gasteiger partial charge in [0.15, 0.2) is 0 Å². The Labute approximate surface area is 307 Å². The van der Waals surface area contributed by atoms with E-state index >= 15 is 0 Å². The van der Waals surface area contributed by atoms with Crippen molar-refractivity contribution < 1.29 is 0 Å². The number of fused-ring (bicyclic) bond motifs is 8. The molecule has 0 aliphatic heterocycles. The summed E-state index contributed by atoms with van der Waals surface area (Å²) in [6.07, 6.45) is 0. The second kappa shape index (κ2) is 10.9. The minimum absolute atomic E-state index is 0.0542. The van der Waals surface area contributed by atoms with E-state index in [-0.39, 0.29) is 10.8 Å². The highest BCUT2D eigenvalue weighted by atomic mass is 14.4. The Morgan fingerprint density at radius 3 is 1.62 bits per heavy atom. The molecule has 0 heteroatoms. The number of benzene rings is 8. The molecule has 0 spiro atoms. The second-order valence-electron chi connectivity index (χ2n) is 16.2. The lowest BCUT2D eigenvalue weighted by Gasteiger charge is -2.23. The predicted octanol–water partition coefficient (Wildman–Crippen LogP) is 14.2. The second-order valence-corrected chi connectivity index (χ2v) is 16.2. The molecule has 0 aromatic heterocycles. The maximum atomic E-state index is 2.49. The molecular formula is C52H42. The number of rotatable bonds is 3. The highest BCUT2D eigenvalue weighted by molar-refractivity contribution is 6.23. The number of aryl methyl sites for hydroxylation is 2. The van der Waals surface area contributed by atoms with Crippen LogP contribution in [-0.4, -0.2) is 0 Å². The molecule has 0 atom stereocenters. The van der Waals surface area contributed by atoms with Crippen LogP contribution in [-0.2, 0) is 10.8 Å². The Bertz CT molecular complexity index is 2800. The molecular weight excluding hydrogens is 625 g/mol. The third kappa shape index (κ3) is 4.21. The minimum atomic E-state index is -0.0765. The van der Waals surface area contributed by atoms with E-state index in [0.717, 1.165) is 0 Å². The molecule has 0 fully saturated rings. The van der Waals surface area contributed by atoms with Gasteiger partial charge in [-0.2, -0.15) is 0 Å². The summed E-state index contributed by atoms with van der Waals surface area (Å²) in [6.45, 7) is 13.9. The molecule has 2 aliphatic carbocycles. The van der Waals surface area contributed by atoms with Crippen molar-refractivity contribution in [3.8, 4) is 55.6 Å². The van der Waals surface area contributed by atoms with E-state index in [1.54, 1.807) is 0 Å². The van der Waals surface area contributed by atoms with Crippen LogP contribution in [0.15, 0.2) is 146 Å². The Morgan fingerprint density at radius 2 is 0.846 bits per heavy atom. The number of hydrogen-bond donors (Lipinski definition) is 0. The van der Waals surface area contributed by atoms with Gasteiger partial charge in [0.1, 0.15) is 0 Å². The predicted molar refractivity (Wildman–Crippen MR) is 222 cm³/mol. The van der Waals surface area contributed by atoms with Crippen LogP contribution in [0.5, 0.6) is 0 Å². The zero-order valence-electron chi connectivity index (χ0n) is 30.9. The molecule has 0 bridgehead atoms. The van der Waals surface area contributed by atoms with Gasteiger partial charge in [0.2, 0.25) is 0 Å². The van der Waals surface area contributed by atoms with Gasteiger partial charge in [0.25, 0.3) is 0 Å². The highest BCUT2D eigenvalue weighted by Gasteiger charge is 2.38. The van der Waals surface area contributed by atoms with Crippen LogP contribution in [0.3, 0.4) is 0 Å². The van der Waals surface area contributed by atoms with Crippen molar-refractivity contribution in [2.24, 2.45) is 0 Å². The lowest BCUT2D eigenvalue weighted by molar-refractivity contribution is 0.660. The molecule has 0 nitrogen and oxygen atoms in total. The van der Waals surface area contributed by atoms with Gasteiger partial charge in [0.05, 0.1) is 0 Å². The van der Waals surface area contributed by atoms with Crippen LogP contribution in [0.25, 0.3) is 77.2 Å². The molecule has 0 saturated heterocycles. The van der Waals surface area contributed by atoms with Gasteiger partial charge in [-0.3, -0.25) is 0 Å². The first-order valence-corrected chi connectivity index (χ1v) is 18.7. The quantitative estimate of drug-likeness (QED) is 0.165. The van der Waals surface area contributed by atoms with Gasteiger partial charge in [-0.1, -0.05) is 161 Å². The third-order valence-electron chi connectivity index (χ3n) is 12.6. The summed E-state index contributed by atoms with van der Waals surface area (Å²) in [5.74, 6) is 0. The van der Waals surface area contributed by atoms with Crippen molar-refractivity contribution in [2.45, 2.75) is 52.4 Å². The van der Waals surface area contributed by atoms with Crippen molar-refractivity contribution in [2.75, 3.05) is 0 Å². The van der Waals surface area contributed by atoms with Crippen molar-refractivity contribution in [3.05, 3.63) is 179 Å². The molecule has 0 saturated carbocycles. The normalized spacial score (nSPS) is 14.7. The monoisotopic (exact) mass is 666 g/mol. The fraction of sp³-hybridized carbons (Fsp3) is 0.154. The first-order chi connectivity index (χ1) is 25.1. The van der Waals surface area contributed by atoms with Crippen LogP contribution >= 0.6 is 0 Å². The summed E-state index contributed by atoms with van der Waals surface area (Å²) >= 11 is 0. The summed E-state index contributed by atoms with van der Waals surface area (Å²) in [4.78, 5) is 0. The smallest absolute Gasteiger partial charge is 0.0159 e. The van der Waals surface area contributed by atoms with E-state index in [9.17, 15) is 0 Å². The minimum Gasteiger partial charge on any atom is -0.0619 e. The van der Waals surface area contributed by atoms with Gasteiger partial charge in [-0.25, -0.2) is 0 Å². The topological polar surface area (TPSA) is 0 Å². The van der Waals surface area contributed by atoms with Gasteiger partial charge in [-0.15, -0.1) is 0 Å². The largest absolute Gasteiger partial charge is 0.0619 e. The van der Waals surface area contributed by atoms with Gasteiger partial charge in [-0.05, 0) is 137 Å². The van der Waals surface area contributed by atoms with E-state index in [1.807, 2.05) is 0 Å². The van der Waals surface area contributed by atoms with Crippen LogP contribution in [0.4, 0.5) is 0 Å². The summed E-state index contributed by atoms with van der Waals surface area (Å²) in [5, 5.41) is 5.17. The summed E-state index contributed by atoms with van der Waals surface area (Å²) in [5.41, 5.74) is 21.3. The maximum Gasteiger partial charge on any atom is 0.0159 e. The Hall–Kier alpha value is -5.72. The highest BCUT2D eigenvalue weighted by Crippen LogP contribution is 2.55. The van der Waals surface area contributed by atoms with Crippen molar-refractivity contribution >= 4 is 21.5 Å². The molecule has 52 heavy (non-hydrogen) atoms. The van der Waals surface area contributed by atoms with Crippen LogP contribution in [0, 0.1) is 13.8 Å². The maximum absolute atomic E-state index is 2.49. The lowest BCUT2D eigenvalue weighted by Crippen LogP contribution is -2.14. The van der Waals surface area contributed by atoms with E-state index in [1.165, 1.54) is 111 Å². The molecule has 8 aromatic carbocycles. The molecule has 2 aliphatic rings. The molecule has 0 N–H and O–H groups in total. The zero-order valence-corrected chi connectivity index (χ0v) is 30.9.